The molecule has 0 aromatic heterocycles. The van der Waals surface area contributed by atoms with Gasteiger partial charge in [-0.05, 0) is 35.4 Å². The normalized spacial score (nSPS) is 10.4. The van der Waals surface area contributed by atoms with Crippen LogP contribution >= 0.6 is 0 Å². The molecule has 28 heavy (non-hydrogen) atoms. The van der Waals surface area contributed by atoms with E-state index in [1.54, 1.807) is 42.5 Å². The van der Waals surface area contributed by atoms with E-state index in [-0.39, 0.29) is 36.2 Å². The van der Waals surface area contributed by atoms with E-state index in [0.29, 0.717) is 13.1 Å². The van der Waals surface area contributed by atoms with Gasteiger partial charge in [0.25, 0.3) is 0 Å². The highest BCUT2D eigenvalue weighted by Crippen LogP contribution is 2.11. The summed E-state index contributed by atoms with van der Waals surface area (Å²) in [6, 6.07) is 13.4. The maximum Gasteiger partial charge on any atom is 0.224 e. The van der Waals surface area contributed by atoms with Crippen molar-refractivity contribution in [2.75, 3.05) is 26.2 Å². The SMILES string of the molecule is O=C(Cc1cccc(O)c1)NCCC[NH2+]CCNC(=O)Cc1cccc(O)c1. The van der Waals surface area contributed by atoms with E-state index in [1.807, 2.05) is 6.07 Å². The first-order valence-electron chi connectivity index (χ1n) is 9.44. The average Bonchev–Trinajstić information content (AvgIpc) is 2.64. The molecule has 0 aliphatic rings. The Kier molecular flexibility index (Phi) is 8.81. The first-order chi connectivity index (χ1) is 13.5. The van der Waals surface area contributed by atoms with Gasteiger partial charge in [-0.3, -0.25) is 9.59 Å². The van der Waals surface area contributed by atoms with E-state index in [1.165, 1.54) is 0 Å². The number of carbonyl (C=O) groups excluding carboxylic acids is 2. The number of phenolic OH excluding ortho intramolecular Hbond substituents is 2. The van der Waals surface area contributed by atoms with Crippen LogP contribution in [0.15, 0.2) is 48.5 Å². The number of amides is 2. The molecular weight excluding hydrogens is 358 g/mol. The first kappa shape index (κ1) is 21.2. The minimum Gasteiger partial charge on any atom is -0.508 e. The fourth-order valence-corrected chi connectivity index (χ4v) is 2.76. The van der Waals surface area contributed by atoms with Crippen molar-refractivity contribution in [2.45, 2.75) is 19.3 Å². The number of nitrogens with one attached hydrogen (secondary N) is 2. The Balaban J connectivity index is 1.47. The number of phenols is 2. The molecule has 0 radical (unpaired) electrons. The summed E-state index contributed by atoms with van der Waals surface area (Å²) in [4.78, 5) is 23.7. The van der Waals surface area contributed by atoms with Crippen LogP contribution in [0.3, 0.4) is 0 Å². The molecule has 0 saturated heterocycles. The summed E-state index contributed by atoms with van der Waals surface area (Å²) in [6.45, 7) is 2.79. The maximum atomic E-state index is 11.8. The summed E-state index contributed by atoms with van der Waals surface area (Å²) < 4.78 is 0. The van der Waals surface area contributed by atoms with Crippen molar-refractivity contribution in [3.63, 3.8) is 0 Å². The second-order valence-corrected chi connectivity index (χ2v) is 6.61. The summed E-state index contributed by atoms with van der Waals surface area (Å²) in [5.74, 6) is 0.185. The van der Waals surface area contributed by atoms with Crippen molar-refractivity contribution in [1.29, 1.82) is 0 Å². The van der Waals surface area contributed by atoms with E-state index >= 15 is 0 Å². The Bertz CT molecular complexity index is 714. The van der Waals surface area contributed by atoms with Crippen LogP contribution in [0.5, 0.6) is 11.5 Å². The maximum absolute atomic E-state index is 11.8. The van der Waals surface area contributed by atoms with E-state index in [2.05, 4.69) is 16.0 Å². The molecule has 2 amide bonds. The van der Waals surface area contributed by atoms with Gasteiger partial charge < -0.3 is 26.2 Å². The molecule has 0 heterocycles. The van der Waals surface area contributed by atoms with Crippen LogP contribution < -0.4 is 16.0 Å². The second-order valence-electron chi connectivity index (χ2n) is 6.61. The molecule has 2 aromatic rings. The monoisotopic (exact) mass is 386 g/mol. The predicted octanol–water partition coefficient (Wildman–Crippen LogP) is 0.0689. The smallest absolute Gasteiger partial charge is 0.224 e. The third kappa shape index (κ3) is 8.55. The lowest BCUT2D eigenvalue weighted by Gasteiger charge is -2.07. The largest absolute Gasteiger partial charge is 0.508 e. The molecule has 0 atom stereocenters. The third-order valence-electron chi connectivity index (χ3n) is 4.13. The van der Waals surface area contributed by atoms with Crippen molar-refractivity contribution in [1.82, 2.24) is 10.6 Å². The van der Waals surface area contributed by atoms with Gasteiger partial charge in [0.1, 0.15) is 11.5 Å². The molecule has 150 valence electrons. The van der Waals surface area contributed by atoms with E-state index in [4.69, 9.17) is 0 Å². The summed E-state index contributed by atoms with van der Waals surface area (Å²) in [5.41, 5.74) is 1.56. The fraction of sp³-hybridized carbons (Fsp3) is 0.333. The Hall–Kier alpha value is -3.06. The zero-order chi connectivity index (χ0) is 20.2. The quantitative estimate of drug-likeness (QED) is 0.352. The molecule has 0 spiro atoms. The van der Waals surface area contributed by atoms with Gasteiger partial charge in [-0.2, -0.15) is 0 Å². The van der Waals surface area contributed by atoms with Crippen molar-refractivity contribution >= 4 is 11.8 Å². The van der Waals surface area contributed by atoms with Crippen LogP contribution in [-0.4, -0.2) is 48.2 Å². The Morgan fingerprint density at radius 1 is 0.786 bits per heavy atom. The Morgan fingerprint density at radius 3 is 1.86 bits per heavy atom. The molecule has 7 nitrogen and oxygen atoms in total. The molecule has 2 aromatic carbocycles. The molecule has 0 unspecified atom stereocenters. The number of nitrogens with two attached hydrogens (primary N) is 1. The average molecular weight is 386 g/mol. The van der Waals surface area contributed by atoms with Crippen LogP contribution in [0.2, 0.25) is 0 Å². The summed E-state index contributed by atoms with van der Waals surface area (Å²) in [7, 11) is 0. The van der Waals surface area contributed by atoms with Gasteiger partial charge in [0.15, 0.2) is 0 Å². The van der Waals surface area contributed by atoms with Crippen molar-refractivity contribution in [3.8, 4) is 11.5 Å². The van der Waals surface area contributed by atoms with Crippen LogP contribution in [0.1, 0.15) is 17.5 Å². The third-order valence-corrected chi connectivity index (χ3v) is 4.13. The van der Waals surface area contributed by atoms with Crippen LogP contribution in [0.4, 0.5) is 0 Å². The molecule has 0 fully saturated rings. The number of carbonyl (C=O) groups is 2. The van der Waals surface area contributed by atoms with Gasteiger partial charge in [-0.25, -0.2) is 0 Å². The van der Waals surface area contributed by atoms with E-state index in [9.17, 15) is 19.8 Å². The number of quaternary nitrogens is 1. The van der Waals surface area contributed by atoms with Gasteiger partial charge in [0.05, 0.1) is 32.5 Å². The number of hydrogen-bond donors (Lipinski definition) is 5. The van der Waals surface area contributed by atoms with Gasteiger partial charge in [0, 0.05) is 13.0 Å². The number of benzene rings is 2. The molecule has 6 N–H and O–H groups in total. The van der Waals surface area contributed by atoms with Gasteiger partial charge in [-0.15, -0.1) is 0 Å². The zero-order valence-electron chi connectivity index (χ0n) is 15.9. The number of aromatic hydroxyl groups is 2. The predicted molar refractivity (Wildman–Crippen MR) is 106 cm³/mol. The highest BCUT2D eigenvalue weighted by Gasteiger charge is 2.05. The van der Waals surface area contributed by atoms with Crippen molar-refractivity contribution < 1.29 is 25.1 Å². The van der Waals surface area contributed by atoms with Crippen LogP contribution in [0.25, 0.3) is 0 Å². The summed E-state index contributed by atoms with van der Waals surface area (Å²) >= 11 is 0. The molecular formula is C21H28N3O4+. The highest BCUT2D eigenvalue weighted by molar-refractivity contribution is 5.79. The summed E-state index contributed by atoms with van der Waals surface area (Å²) in [6.07, 6.45) is 1.34. The topological polar surface area (TPSA) is 115 Å². The molecule has 0 saturated carbocycles. The van der Waals surface area contributed by atoms with Crippen LogP contribution in [0, 0.1) is 0 Å². The lowest BCUT2D eigenvalue weighted by Crippen LogP contribution is -2.86. The summed E-state index contributed by atoms with van der Waals surface area (Å²) in [5, 5.41) is 26.6. The number of hydrogen-bond acceptors (Lipinski definition) is 4. The minimum atomic E-state index is -0.0711. The fourth-order valence-electron chi connectivity index (χ4n) is 2.76. The Morgan fingerprint density at radius 2 is 1.32 bits per heavy atom. The van der Waals surface area contributed by atoms with E-state index in [0.717, 1.165) is 30.6 Å². The van der Waals surface area contributed by atoms with Gasteiger partial charge >= 0.3 is 0 Å². The molecule has 0 aliphatic heterocycles. The van der Waals surface area contributed by atoms with Gasteiger partial charge in [-0.1, -0.05) is 24.3 Å². The zero-order valence-corrected chi connectivity index (χ0v) is 15.9. The lowest BCUT2D eigenvalue weighted by atomic mass is 10.1. The highest BCUT2D eigenvalue weighted by atomic mass is 16.3. The molecule has 0 aliphatic carbocycles. The first-order valence-corrected chi connectivity index (χ1v) is 9.44. The Labute approximate surface area is 164 Å². The van der Waals surface area contributed by atoms with Crippen LogP contribution in [-0.2, 0) is 22.4 Å². The van der Waals surface area contributed by atoms with Crippen molar-refractivity contribution in [2.24, 2.45) is 0 Å². The molecule has 2 rings (SSSR count). The molecule has 7 heteroatoms. The lowest BCUT2D eigenvalue weighted by molar-refractivity contribution is -0.652. The standard InChI is InChI=1S/C21H27N3O4/c25-18-6-1-4-16(12-18)14-20(27)23-9-3-8-22-10-11-24-21(28)15-17-5-2-7-19(26)13-17/h1-2,4-7,12-13,22,25-26H,3,8-11,14-15H2,(H,23,27)(H,24,28)/p+1. The number of rotatable bonds is 11. The minimum absolute atomic E-state index is 0.0650. The molecule has 0 bridgehead atoms. The van der Waals surface area contributed by atoms with E-state index < -0.39 is 0 Å². The van der Waals surface area contributed by atoms with Crippen molar-refractivity contribution in [3.05, 3.63) is 59.7 Å². The second kappa shape index (κ2) is 11.6. The van der Waals surface area contributed by atoms with Gasteiger partial charge in [0.2, 0.25) is 11.8 Å².